The molecule has 128 valence electrons. The first-order valence-electron chi connectivity index (χ1n) is 8.60. The molecule has 1 aliphatic rings. The maximum absolute atomic E-state index is 12.6. The Morgan fingerprint density at radius 3 is 2.79 bits per heavy atom. The number of nitrogens with zero attached hydrogens (tertiary/aromatic N) is 3. The fourth-order valence-electron chi connectivity index (χ4n) is 2.72. The highest BCUT2D eigenvalue weighted by Crippen LogP contribution is 2.38. The Morgan fingerprint density at radius 2 is 2.12 bits per heavy atom. The monoisotopic (exact) mass is 344 g/mol. The molecular weight excluding hydrogens is 320 g/mol. The number of carbonyl (C=O) groups excluding carboxylic acids is 1. The van der Waals surface area contributed by atoms with Gasteiger partial charge in [-0.15, -0.1) is 10.2 Å². The van der Waals surface area contributed by atoms with Crippen LogP contribution in [0, 0.1) is 0 Å². The van der Waals surface area contributed by atoms with Crippen molar-refractivity contribution in [3.63, 3.8) is 0 Å². The third-order valence-corrected chi connectivity index (χ3v) is 5.30. The molecule has 3 rings (SSSR count). The number of amides is 1. The minimum Gasteiger partial charge on any atom is -0.348 e. The molecule has 1 aliphatic carbocycles. The van der Waals surface area contributed by atoms with Crippen LogP contribution in [0.1, 0.15) is 57.2 Å². The molecule has 6 heteroatoms. The van der Waals surface area contributed by atoms with Crippen LogP contribution in [0.2, 0.25) is 0 Å². The van der Waals surface area contributed by atoms with E-state index in [-0.39, 0.29) is 17.2 Å². The Hall–Kier alpha value is -1.82. The van der Waals surface area contributed by atoms with Crippen LogP contribution in [0.25, 0.3) is 0 Å². The van der Waals surface area contributed by atoms with E-state index >= 15 is 0 Å². The van der Waals surface area contributed by atoms with Crippen molar-refractivity contribution in [1.82, 2.24) is 20.1 Å². The van der Waals surface area contributed by atoms with Crippen LogP contribution in [-0.4, -0.2) is 25.9 Å². The van der Waals surface area contributed by atoms with Crippen molar-refractivity contribution >= 4 is 17.7 Å². The summed E-state index contributed by atoms with van der Waals surface area (Å²) in [5.74, 6) is 0.0487. The van der Waals surface area contributed by atoms with Gasteiger partial charge in [0, 0.05) is 6.04 Å². The quantitative estimate of drug-likeness (QED) is 0.741. The lowest BCUT2D eigenvalue weighted by molar-refractivity contribution is -0.121. The molecule has 1 heterocycles. The van der Waals surface area contributed by atoms with Gasteiger partial charge in [-0.1, -0.05) is 55.4 Å². The van der Waals surface area contributed by atoms with Gasteiger partial charge in [-0.05, 0) is 31.7 Å². The van der Waals surface area contributed by atoms with E-state index in [0.29, 0.717) is 6.04 Å². The first-order valence-corrected chi connectivity index (χ1v) is 9.48. The molecule has 1 N–H and O–H groups in total. The minimum absolute atomic E-state index is 0.0487. The van der Waals surface area contributed by atoms with Crippen molar-refractivity contribution in [2.24, 2.45) is 0 Å². The van der Waals surface area contributed by atoms with Gasteiger partial charge in [-0.2, -0.15) is 0 Å². The summed E-state index contributed by atoms with van der Waals surface area (Å²) in [6, 6.07) is 10.8. The Kier molecular flexibility index (Phi) is 5.56. The van der Waals surface area contributed by atoms with E-state index in [1.807, 2.05) is 25.1 Å². The highest BCUT2D eigenvalue weighted by atomic mass is 32.2. The maximum atomic E-state index is 12.6. The maximum Gasteiger partial charge on any atom is 0.233 e. The minimum atomic E-state index is -0.199. The van der Waals surface area contributed by atoms with Crippen LogP contribution < -0.4 is 5.32 Å². The average Bonchev–Trinajstić information content (AvgIpc) is 3.34. The van der Waals surface area contributed by atoms with E-state index in [9.17, 15) is 4.79 Å². The van der Waals surface area contributed by atoms with Gasteiger partial charge in [-0.25, -0.2) is 0 Å². The van der Waals surface area contributed by atoms with Gasteiger partial charge in [0.25, 0.3) is 0 Å². The number of hydrogen-bond donors (Lipinski definition) is 1. The largest absolute Gasteiger partial charge is 0.348 e. The summed E-state index contributed by atoms with van der Waals surface area (Å²) in [5, 5.41) is 12.0. The topological polar surface area (TPSA) is 59.8 Å². The highest BCUT2D eigenvalue weighted by molar-refractivity contribution is 8.00. The van der Waals surface area contributed by atoms with Crippen LogP contribution in [0.4, 0.5) is 0 Å². The van der Waals surface area contributed by atoms with E-state index < -0.39 is 0 Å². The van der Waals surface area contributed by atoms with Crippen molar-refractivity contribution in [1.29, 1.82) is 0 Å². The predicted molar refractivity (Wildman–Crippen MR) is 95.8 cm³/mol. The molecule has 5 nitrogen and oxygen atoms in total. The van der Waals surface area contributed by atoms with Gasteiger partial charge in [0.2, 0.25) is 5.91 Å². The zero-order chi connectivity index (χ0) is 16.9. The first kappa shape index (κ1) is 17.0. The second-order valence-corrected chi connectivity index (χ2v) is 7.58. The van der Waals surface area contributed by atoms with Gasteiger partial charge < -0.3 is 9.88 Å². The van der Waals surface area contributed by atoms with Crippen LogP contribution in [0.5, 0.6) is 0 Å². The van der Waals surface area contributed by atoms with Crippen molar-refractivity contribution in [3.8, 4) is 0 Å². The van der Waals surface area contributed by atoms with Gasteiger partial charge in [0.15, 0.2) is 5.16 Å². The van der Waals surface area contributed by atoms with Crippen molar-refractivity contribution in [3.05, 3.63) is 42.2 Å². The summed E-state index contributed by atoms with van der Waals surface area (Å²) in [7, 11) is 0. The summed E-state index contributed by atoms with van der Waals surface area (Å²) >= 11 is 1.49. The molecule has 2 aromatic rings. The van der Waals surface area contributed by atoms with Crippen molar-refractivity contribution in [2.75, 3.05) is 0 Å². The molecule has 0 unspecified atom stereocenters. The fraction of sp³-hybridized carbons (Fsp3) is 0.500. The van der Waals surface area contributed by atoms with Gasteiger partial charge in [0.05, 0.1) is 11.3 Å². The number of thioether (sulfide) groups is 1. The van der Waals surface area contributed by atoms with E-state index in [0.717, 1.165) is 23.6 Å². The summed E-state index contributed by atoms with van der Waals surface area (Å²) in [6.07, 6.45) is 6.09. The Balaban J connectivity index is 1.62. The lowest BCUT2D eigenvalue weighted by atomic mass is 10.0. The number of carbonyl (C=O) groups is 1. The van der Waals surface area contributed by atoms with Gasteiger partial charge in [0.1, 0.15) is 6.33 Å². The number of aromatic nitrogens is 3. The highest BCUT2D eigenvalue weighted by Gasteiger charge is 2.28. The molecule has 24 heavy (non-hydrogen) atoms. The fourth-order valence-corrected chi connectivity index (χ4v) is 3.62. The first-order chi connectivity index (χ1) is 11.7. The smallest absolute Gasteiger partial charge is 0.233 e. The molecule has 1 saturated carbocycles. The summed E-state index contributed by atoms with van der Waals surface area (Å²) in [4.78, 5) is 12.6. The van der Waals surface area contributed by atoms with E-state index in [1.54, 1.807) is 6.33 Å². The van der Waals surface area contributed by atoms with Crippen LogP contribution in [-0.2, 0) is 4.79 Å². The van der Waals surface area contributed by atoms with Crippen LogP contribution in [0.3, 0.4) is 0 Å². The van der Waals surface area contributed by atoms with E-state index in [2.05, 4.69) is 39.1 Å². The lowest BCUT2D eigenvalue weighted by Crippen LogP contribution is -2.34. The molecule has 1 aromatic heterocycles. The predicted octanol–water partition coefficient (Wildman–Crippen LogP) is 3.75. The number of hydrogen-bond acceptors (Lipinski definition) is 4. The molecule has 1 amide bonds. The second kappa shape index (κ2) is 7.83. The average molecular weight is 344 g/mol. The third-order valence-electron chi connectivity index (χ3n) is 4.23. The zero-order valence-corrected chi connectivity index (χ0v) is 15.0. The zero-order valence-electron chi connectivity index (χ0n) is 14.2. The standard InChI is InChI=1S/C18H24N4OS/c1-3-7-16(14-8-5-4-6-9-14)20-17(23)13(2)24-18-21-19-12-22(18)15-10-11-15/h4-6,8-9,12-13,15-16H,3,7,10-11H2,1-2H3,(H,20,23)/t13-,16+/m0/s1. The summed E-state index contributed by atoms with van der Waals surface area (Å²) in [5.41, 5.74) is 1.16. The van der Waals surface area contributed by atoms with Crippen LogP contribution in [0.15, 0.2) is 41.8 Å². The number of rotatable bonds is 8. The van der Waals surface area contributed by atoms with E-state index in [4.69, 9.17) is 0 Å². The molecule has 0 bridgehead atoms. The molecule has 1 fully saturated rings. The van der Waals surface area contributed by atoms with Crippen molar-refractivity contribution in [2.45, 2.75) is 62.0 Å². The Bertz CT molecular complexity index is 669. The van der Waals surface area contributed by atoms with E-state index in [1.165, 1.54) is 24.6 Å². The Labute approximate surface area is 147 Å². The lowest BCUT2D eigenvalue weighted by Gasteiger charge is -2.21. The van der Waals surface area contributed by atoms with Crippen LogP contribution >= 0.6 is 11.8 Å². The summed E-state index contributed by atoms with van der Waals surface area (Å²) < 4.78 is 2.09. The molecule has 0 aliphatic heterocycles. The SMILES string of the molecule is CCC[C@@H](NC(=O)[C@H](C)Sc1nncn1C1CC1)c1ccccc1. The third kappa shape index (κ3) is 4.17. The molecule has 0 saturated heterocycles. The normalized spacial score (nSPS) is 16.6. The van der Waals surface area contributed by atoms with Gasteiger partial charge >= 0.3 is 0 Å². The van der Waals surface area contributed by atoms with Crippen molar-refractivity contribution < 1.29 is 4.79 Å². The molecule has 0 spiro atoms. The summed E-state index contributed by atoms with van der Waals surface area (Å²) in [6.45, 7) is 4.07. The second-order valence-electron chi connectivity index (χ2n) is 6.27. The number of benzene rings is 1. The molecule has 2 atom stereocenters. The molecular formula is C18H24N4OS. The molecule has 0 radical (unpaired) electrons. The Morgan fingerprint density at radius 1 is 1.38 bits per heavy atom. The van der Waals surface area contributed by atoms with Gasteiger partial charge in [-0.3, -0.25) is 4.79 Å². The molecule has 1 aromatic carbocycles. The number of nitrogens with one attached hydrogen (secondary N) is 1.